The highest BCUT2D eigenvalue weighted by atomic mass is 35.5. The van der Waals surface area contributed by atoms with Crippen molar-refractivity contribution in [2.45, 2.75) is 46.2 Å². The summed E-state index contributed by atoms with van der Waals surface area (Å²) in [5.74, 6) is 0.117. The van der Waals surface area contributed by atoms with Gasteiger partial charge in [0.1, 0.15) is 6.04 Å². The molecular weight excluding hydrogens is 338 g/mol. The Morgan fingerprint density at radius 2 is 1.84 bits per heavy atom. The number of amides is 2. The van der Waals surface area contributed by atoms with E-state index in [-0.39, 0.29) is 36.2 Å². The minimum absolute atomic E-state index is 0. The number of hydrogen-bond acceptors (Lipinski definition) is 3. The average molecular weight is 368 g/mol. The molecule has 0 aliphatic carbocycles. The van der Waals surface area contributed by atoms with Crippen LogP contribution in [0.25, 0.3) is 0 Å². The van der Waals surface area contributed by atoms with Gasteiger partial charge < -0.3 is 16.0 Å². The van der Waals surface area contributed by atoms with E-state index in [1.165, 1.54) is 0 Å². The van der Waals surface area contributed by atoms with E-state index in [4.69, 9.17) is 0 Å². The van der Waals surface area contributed by atoms with Gasteiger partial charge in [0.25, 0.3) is 5.91 Å². The van der Waals surface area contributed by atoms with E-state index in [9.17, 15) is 9.59 Å². The first-order chi connectivity index (χ1) is 11.4. The summed E-state index contributed by atoms with van der Waals surface area (Å²) in [5, 5.41) is 9.34. The van der Waals surface area contributed by atoms with Crippen molar-refractivity contribution in [1.29, 1.82) is 0 Å². The van der Waals surface area contributed by atoms with Crippen LogP contribution in [0.2, 0.25) is 0 Å². The van der Waals surface area contributed by atoms with Crippen LogP contribution in [-0.2, 0) is 4.79 Å². The monoisotopic (exact) mass is 367 g/mol. The Kier molecular flexibility index (Phi) is 8.39. The predicted molar refractivity (Wildman–Crippen MR) is 103 cm³/mol. The zero-order chi connectivity index (χ0) is 17.7. The molecule has 6 heteroatoms. The van der Waals surface area contributed by atoms with Crippen LogP contribution < -0.4 is 16.0 Å². The third-order valence-electron chi connectivity index (χ3n) is 4.66. The van der Waals surface area contributed by atoms with Gasteiger partial charge in [-0.1, -0.05) is 38.5 Å². The van der Waals surface area contributed by atoms with Gasteiger partial charge in [-0.15, -0.1) is 12.4 Å². The largest absolute Gasteiger partial charge is 0.351 e. The van der Waals surface area contributed by atoms with Gasteiger partial charge in [-0.2, -0.15) is 0 Å². The summed E-state index contributed by atoms with van der Waals surface area (Å²) in [6.07, 6.45) is 0.920. The van der Waals surface area contributed by atoms with Gasteiger partial charge >= 0.3 is 0 Å². The van der Waals surface area contributed by atoms with Crippen molar-refractivity contribution in [2.24, 2.45) is 11.8 Å². The van der Waals surface area contributed by atoms with Crippen LogP contribution in [0.4, 0.5) is 0 Å². The molecule has 1 heterocycles. The molecule has 1 fully saturated rings. The molecule has 0 radical (unpaired) electrons. The van der Waals surface area contributed by atoms with Crippen molar-refractivity contribution < 1.29 is 9.59 Å². The number of benzene rings is 1. The van der Waals surface area contributed by atoms with Gasteiger partial charge in [0.15, 0.2) is 0 Å². The summed E-state index contributed by atoms with van der Waals surface area (Å²) in [7, 11) is 0. The molecule has 0 saturated carbocycles. The minimum Gasteiger partial charge on any atom is -0.351 e. The van der Waals surface area contributed by atoms with Crippen LogP contribution in [0.1, 0.15) is 43.1 Å². The van der Waals surface area contributed by atoms with E-state index in [1.54, 1.807) is 12.1 Å². The molecule has 0 bridgehead atoms. The predicted octanol–water partition coefficient (Wildman–Crippen LogP) is 2.29. The normalized spacial score (nSPS) is 21.2. The maximum Gasteiger partial charge on any atom is 0.251 e. The van der Waals surface area contributed by atoms with Crippen LogP contribution >= 0.6 is 12.4 Å². The van der Waals surface area contributed by atoms with Crippen LogP contribution in [0.5, 0.6) is 0 Å². The molecule has 1 aromatic rings. The highest BCUT2D eigenvalue weighted by Crippen LogP contribution is 2.12. The third kappa shape index (κ3) is 6.01. The van der Waals surface area contributed by atoms with E-state index >= 15 is 0 Å². The Labute approximate surface area is 156 Å². The number of carbonyl (C=O) groups is 2. The van der Waals surface area contributed by atoms with Gasteiger partial charge in [-0.3, -0.25) is 9.59 Å². The topological polar surface area (TPSA) is 70.2 Å². The smallest absolute Gasteiger partial charge is 0.251 e. The summed E-state index contributed by atoms with van der Waals surface area (Å²) < 4.78 is 0. The quantitative estimate of drug-likeness (QED) is 0.747. The molecule has 3 N–H and O–H groups in total. The molecule has 2 amide bonds. The number of nitrogens with one attached hydrogen (secondary N) is 3. The Morgan fingerprint density at radius 3 is 2.40 bits per heavy atom. The molecule has 1 aliphatic rings. The van der Waals surface area contributed by atoms with Crippen molar-refractivity contribution in [3.63, 3.8) is 0 Å². The van der Waals surface area contributed by atoms with Crippen LogP contribution in [0.15, 0.2) is 24.3 Å². The molecule has 0 spiro atoms. The average Bonchev–Trinajstić information content (AvgIpc) is 2.54. The molecule has 1 saturated heterocycles. The summed E-state index contributed by atoms with van der Waals surface area (Å²) in [6, 6.07) is 7.01. The molecule has 1 aromatic carbocycles. The first-order valence-electron chi connectivity index (χ1n) is 8.77. The van der Waals surface area contributed by atoms with E-state index < -0.39 is 6.04 Å². The molecule has 140 valence electrons. The summed E-state index contributed by atoms with van der Waals surface area (Å²) in [4.78, 5) is 25.1. The first-order valence-corrected chi connectivity index (χ1v) is 8.77. The number of hydrogen-bond donors (Lipinski definition) is 3. The summed E-state index contributed by atoms with van der Waals surface area (Å²) in [6.45, 7) is 9.83. The standard InChI is InChI=1S/C19H29N3O2.ClH/c1-12(2)17(19(24)21-16-9-10-20-11-14(16)4)22-18(23)15-7-5-13(3)6-8-15;/h5-8,12,14,16-17,20H,9-11H2,1-4H3,(H,21,24)(H,22,23);1H. The van der Waals surface area contributed by atoms with Gasteiger partial charge in [-0.05, 0) is 50.4 Å². The van der Waals surface area contributed by atoms with Crippen molar-refractivity contribution in [2.75, 3.05) is 13.1 Å². The summed E-state index contributed by atoms with van der Waals surface area (Å²) in [5.41, 5.74) is 1.68. The van der Waals surface area contributed by atoms with Gasteiger partial charge in [0, 0.05) is 11.6 Å². The fourth-order valence-electron chi connectivity index (χ4n) is 2.97. The summed E-state index contributed by atoms with van der Waals surface area (Å²) >= 11 is 0. The highest BCUT2D eigenvalue weighted by Gasteiger charge is 2.29. The second kappa shape index (κ2) is 9.78. The SMILES string of the molecule is Cc1ccc(C(=O)NC(C(=O)NC2CCNCC2C)C(C)C)cc1.Cl. The third-order valence-corrected chi connectivity index (χ3v) is 4.66. The lowest BCUT2D eigenvalue weighted by Gasteiger charge is -2.32. The second-order valence-electron chi connectivity index (χ2n) is 7.15. The molecule has 3 atom stereocenters. The van der Waals surface area contributed by atoms with Crippen molar-refractivity contribution >= 4 is 24.2 Å². The number of carbonyl (C=O) groups excluding carboxylic acids is 2. The fraction of sp³-hybridized carbons (Fsp3) is 0.579. The van der Waals surface area contributed by atoms with Gasteiger partial charge in [0.05, 0.1) is 0 Å². The zero-order valence-corrected chi connectivity index (χ0v) is 16.3. The van der Waals surface area contributed by atoms with Crippen LogP contribution in [-0.4, -0.2) is 37.0 Å². The van der Waals surface area contributed by atoms with Crippen LogP contribution in [0.3, 0.4) is 0 Å². The Balaban J connectivity index is 0.00000312. The number of rotatable bonds is 5. The van der Waals surface area contributed by atoms with Crippen molar-refractivity contribution in [3.05, 3.63) is 35.4 Å². The Hall–Kier alpha value is -1.59. The lowest BCUT2D eigenvalue weighted by Crippen LogP contribution is -2.55. The lowest BCUT2D eigenvalue weighted by atomic mass is 9.94. The van der Waals surface area contributed by atoms with Crippen molar-refractivity contribution in [3.8, 4) is 0 Å². The minimum atomic E-state index is -0.527. The van der Waals surface area contributed by atoms with E-state index in [2.05, 4.69) is 22.9 Å². The number of piperidine rings is 1. The second-order valence-corrected chi connectivity index (χ2v) is 7.15. The maximum atomic E-state index is 12.7. The number of halogens is 1. The molecule has 3 unspecified atom stereocenters. The zero-order valence-electron chi connectivity index (χ0n) is 15.5. The van der Waals surface area contributed by atoms with E-state index in [0.717, 1.165) is 25.1 Å². The first kappa shape index (κ1) is 21.5. The molecular formula is C19H30ClN3O2. The maximum absolute atomic E-state index is 12.7. The molecule has 0 aromatic heterocycles. The van der Waals surface area contributed by atoms with Crippen LogP contribution in [0, 0.1) is 18.8 Å². The molecule has 1 aliphatic heterocycles. The number of aryl methyl sites for hydroxylation is 1. The molecule has 2 rings (SSSR count). The van der Waals surface area contributed by atoms with E-state index in [0.29, 0.717) is 11.5 Å². The van der Waals surface area contributed by atoms with Crippen molar-refractivity contribution in [1.82, 2.24) is 16.0 Å². The van der Waals surface area contributed by atoms with E-state index in [1.807, 2.05) is 32.9 Å². The molecule has 25 heavy (non-hydrogen) atoms. The van der Waals surface area contributed by atoms with Gasteiger partial charge in [-0.25, -0.2) is 0 Å². The fourth-order valence-corrected chi connectivity index (χ4v) is 2.97. The Bertz CT molecular complexity index is 575. The lowest BCUT2D eigenvalue weighted by molar-refractivity contribution is -0.125. The Morgan fingerprint density at radius 1 is 1.20 bits per heavy atom. The highest BCUT2D eigenvalue weighted by molar-refractivity contribution is 5.97. The molecule has 5 nitrogen and oxygen atoms in total. The van der Waals surface area contributed by atoms with Gasteiger partial charge in [0.2, 0.25) is 5.91 Å².